The Bertz CT molecular complexity index is 443. The topological polar surface area (TPSA) is 61.6 Å². The molecule has 1 aromatic rings. The molecule has 3 N–H and O–H groups in total. The quantitative estimate of drug-likeness (QED) is 0.498. The molecule has 2 rings (SSSR count). The van der Waals surface area contributed by atoms with Crippen LogP contribution in [0.1, 0.15) is 13.3 Å². The molecule has 1 saturated heterocycles. The molecule has 0 aliphatic carbocycles. The van der Waals surface area contributed by atoms with Gasteiger partial charge in [0.15, 0.2) is 0 Å². The number of anilines is 1. The molecule has 0 spiro atoms. The number of benzene rings is 1. The van der Waals surface area contributed by atoms with Crippen molar-refractivity contribution in [1.82, 2.24) is 10.3 Å². The van der Waals surface area contributed by atoms with Crippen molar-refractivity contribution in [2.75, 3.05) is 31.1 Å². The van der Waals surface area contributed by atoms with Gasteiger partial charge in [-0.1, -0.05) is 18.5 Å². The minimum atomic E-state index is -0.132. The van der Waals surface area contributed by atoms with E-state index in [1.54, 1.807) is 0 Å². The first-order valence-electron chi connectivity index (χ1n) is 6.90. The Morgan fingerprint density at radius 2 is 1.90 bits per heavy atom. The molecule has 1 aliphatic heterocycles. The number of carbonyl (C=O) groups excluding carboxylic acids is 1. The number of amides is 1. The summed E-state index contributed by atoms with van der Waals surface area (Å²) in [7, 11) is 0. The Labute approximate surface area is 124 Å². The van der Waals surface area contributed by atoms with E-state index in [4.69, 9.17) is 17.4 Å². The second kappa shape index (κ2) is 6.92. The van der Waals surface area contributed by atoms with Gasteiger partial charge in [0.2, 0.25) is 0 Å². The molecule has 0 saturated carbocycles. The van der Waals surface area contributed by atoms with Crippen LogP contribution in [-0.4, -0.2) is 43.0 Å². The number of halogens is 1. The number of hydrazine groups is 1. The van der Waals surface area contributed by atoms with E-state index in [-0.39, 0.29) is 11.9 Å². The van der Waals surface area contributed by atoms with Gasteiger partial charge < -0.3 is 4.90 Å². The molecule has 1 unspecified atom stereocenters. The molecule has 1 heterocycles. The van der Waals surface area contributed by atoms with E-state index in [0.717, 1.165) is 37.6 Å². The van der Waals surface area contributed by atoms with Crippen molar-refractivity contribution in [1.29, 1.82) is 0 Å². The predicted molar refractivity (Wildman–Crippen MR) is 81.6 cm³/mol. The van der Waals surface area contributed by atoms with Gasteiger partial charge in [-0.05, 0) is 30.7 Å². The van der Waals surface area contributed by atoms with Crippen LogP contribution in [0, 0.1) is 0 Å². The Kier molecular flexibility index (Phi) is 5.23. The van der Waals surface area contributed by atoms with Gasteiger partial charge in [-0.15, -0.1) is 0 Å². The zero-order valence-corrected chi connectivity index (χ0v) is 12.4. The number of nitrogens with two attached hydrogens (primary N) is 1. The molecule has 0 radical (unpaired) electrons. The number of rotatable bonds is 4. The van der Waals surface area contributed by atoms with Crippen molar-refractivity contribution >= 4 is 23.2 Å². The standard InChI is InChI=1S/C14H21ClN4O/c1-2-13(14(20)17-16)19-9-7-18(8-10-19)12-5-3-11(15)4-6-12/h3-6,13H,2,7-10,16H2,1H3,(H,17,20). The molecule has 5 nitrogen and oxygen atoms in total. The highest BCUT2D eigenvalue weighted by molar-refractivity contribution is 6.30. The molecule has 1 aliphatic rings. The van der Waals surface area contributed by atoms with Gasteiger partial charge in [0.25, 0.3) is 5.91 Å². The molecule has 1 atom stereocenters. The van der Waals surface area contributed by atoms with Crippen LogP contribution in [0.15, 0.2) is 24.3 Å². The van der Waals surface area contributed by atoms with Gasteiger partial charge in [0, 0.05) is 36.9 Å². The minimum absolute atomic E-state index is 0.104. The Morgan fingerprint density at radius 3 is 2.40 bits per heavy atom. The molecular weight excluding hydrogens is 276 g/mol. The highest BCUT2D eigenvalue weighted by Crippen LogP contribution is 2.20. The maximum absolute atomic E-state index is 11.7. The summed E-state index contributed by atoms with van der Waals surface area (Å²) in [4.78, 5) is 16.2. The summed E-state index contributed by atoms with van der Waals surface area (Å²) in [6.45, 7) is 5.51. The molecule has 1 fully saturated rings. The highest BCUT2D eigenvalue weighted by atomic mass is 35.5. The summed E-state index contributed by atoms with van der Waals surface area (Å²) in [6.07, 6.45) is 0.768. The fraction of sp³-hybridized carbons (Fsp3) is 0.500. The Balaban J connectivity index is 1.94. The van der Waals surface area contributed by atoms with E-state index >= 15 is 0 Å². The largest absolute Gasteiger partial charge is 0.369 e. The van der Waals surface area contributed by atoms with E-state index < -0.39 is 0 Å². The van der Waals surface area contributed by atoms with Crippen LogP contribution in [0.3, 0.4) is 0 Å². The van der Waals surface area contributed by atoms with Gasteiger partial charge in [0.1, 0.15) is 0 Å². The number of nitrogens with zero attached hydrogens (tertiary/aromatic N) is 2. The fourth-order valence-electron chi connectivity index (χ4n) is 2.65. The van der Waals surface area contributed by atoms with Crippen LogP contribution in [0.25, 0.3) is 0 Å². The molecule has 0 bridgehead atoms. The molecule has 0 aromatic heterocycles. The van der Waals surface area contributed by atoms with E-state index in [1.165, 1.54) is 5.69 Å². The van der Waals surface area contributed by atoms with Gasteiger partial charge in [-0.25, -0.2) is 5.84 Å². The van der Waals surface area contributed by atoms with E-state index in [1.807, 2.05) is 31.2 Å². The van der Waals surface area contributed by atoms with Crippen molar-refractivity contribution in [2.45, 2.75) is 19.4 Å². The monoisotopic (exact) mass is 296 g/mol. The summed E-state index contributed by atoms with van der Waals surface area (Å²) in [5.41, 5.74) is 3.43. The second-order valence-electron chi connectivity index (χ2n) is 4.93. The van der Waals surface area contributed by atoms with Gasteiger partial charge >= 0.3 is 0 Å². The lowest BCUT2D eigenvalue weighted by atomic mass is 10.1. The first-order chi connectivity index (χ1) is 9.65. The number of hydrogen-bond acceptors (Lipinski definition) is 4. The van der Waals surface area contributed by atoms with Crippen LogP contribution >= 0.6 is 11.6 Å². The molecule has 20 heavy (non-hydrogen) atoms. The van der Waals surface area contributed by atoms with E-state index in [9.17, 15) is 4.79 Å². The fourth-order valence-corrected chi connectivity index (χ4v) is 2.78. The predicted octanol–water partition coefficient (Wildman–Crippen LogP) is 1.23. The SMILES string of the molecule is CCC(C(=O)NN)N1CCN(c2ccc(Cl)cc2)CC1. The zero-order valence-electron chi connectivity index (χ0n) is 11.7. The first-order valence-corrected chi connectivity index (χ1v) is 7.28. The second-order valence-corrected chi connectivity index (χ2v) is 5.37. The average molecular weight is 297 g/mol. The normalized spacial score (nSPS) is 17.9. The molecule has 1 amide bonds. The summed E-state index contributed by atoms with van der Waals surface area (Å²) in [5, 5.41) is 0.748. The summed E-state index contributed by atoms with van der Waals surface area (Å²) in [6, 6.07) is 7.73. The maximum Gasteiger partial charge on any atom is 0.251 e. The van der Waals surface area contributed by atoms with Gasteiger partial charge in [-0.2, -0.15) is 0 Å². The third-order valence-corrected chi connectivity index (χ3v) is 4.03. The van der Waals surface area contributed by atoms with Crippen molar-refractivity contribution < 1.29 is 4.79 Å². The number of piperazine rings is 1. The van der Waals surface area contributed by atoms with E-state index in [2.05, 4.69) is 15.2 Å². The van der Waals surface area contributed by atoms with Crippen LogP contribution < -0.4 is 16.2 Å². The number of carbonyl (C=O) groups is 1. The highest BCUT2D eigenvalue weighted by Gasteiger charge is 2.27. The first kappa shape index (κ1) is 15.1. The van der Waals surface area contributed by atoms with Gasteiger partial charge in [-0.3, -0.25) is 15.1 Å². The smallest absolute Gasteiger partial charge is 0.251 e. The number of hydrogen-bond donors (Lipinski definition) is 2. The van der Waals surface area contributed by atoms with E-state index in [0.29, 0.717) is 0 Å². The zero-order chi connectivity index (χ0) is 14.5. The summed E-state index contributed by atoms with van der Waals surface area (Å²) in [5.74, 6) is 5.13. The van der Waals surface area contributed by atoms with Crippen LogP contribution in [-0.2, 0) is 4.79 Å². The molecule has 1 aromatic carbocycles. The lowest BCUT2D eigenvalue weighted by Crippen LogP contribution is -2.55. The molecule has 110 valence electrons. The number of nitrogens with one attached hydrogen (secondary N) is 1. The average Bonchev–Trinajstić information content (AvgIpc) is 2.49. The maximum atomic E-state index is 11.7. The summed E-state index contributed by atoms with van der Waals surface area (Å²) < 4.78 is 0. The van der Waals surface area contributed by atoms with Crippen LogP contribution in [0.2, 0.25) is 5.02 Å². The van der Waals surface area contributed by atoms with Crippen LogP contribution in [0.5, 0.6) is 0 Å². The van der Waals surface area contributed by atoms with Crippen molar-refractivity contribution in [3.63, 3.8) is 0 Å². The van der Waals surface area contributed by atoms with Crippen molar-refractivity contribution in [3.05, 3.63) is 29.3 Å². The van der Waals surface area contributed by atoms with Crippen molar-refractivity contribution in [2.24, 2.45) is 5.84 Å². The Morgan fingerprint density at radius 1 is 1.30 bits per heavy atom. The third-order valence-electron chi connectivity index (χ3n) is 3.78. The van der Waals surface area contributed by atoms with Crippen molar-refractivity contribution in [3.8, 4) is 0 Å². The lowest BCUT2D eigenvalue weighted by Gasteiger charge is -2.39. The van der Waals surface area contributed by atoms with Crippen LogP contribution in [0.4, 0.5) is 5.69 Å². The van der Waals surface area contributed by atoms with Gasteiger partial charge in [0.05, 0.1) is 6.04 Å². The Hall–Kier alpha value is -1.30. The summed E-state index contributed by atoms with van der Waals surface area (Å²) >= 11 is 5.90. The minimum Gasteiger partial charge on any atom is -0.369 e. The third kappa shape index (κ3) is 3.42. The lowest BCUT2D eigenvalue weighted by molar-refractivity contribution is -0.126. The molecule has 6 heteroatoms. The molecular formula is C14H21ClN4O.